The molecule has 7 heteroatoms. The monoisotopic (exact) mass is 268 g/mol. The number of nitrogens with zero attached hydrogens (tertiary/aromatic N) is 2. The topological polar surface area (TPSA) is 32.8 Å². The Bertz CT molecular complexity index is 312. The van der Waals surface area contributed by atoms with Crippen molar-refractivity contribution in [1.82, 2.24) is 9.80 Å². The number of alkyl halides is 3. The van der Waals surface area contributed by atoms with Gasteiger partial charge in [-0.3, -0.25) is 0 Å². The Morgan fingerprint density at radius 2 is 1.89 bits per heavy atom. The minimum Gasteiger partial charge on any atom is -0.444 e. The van der Waals surface area contributed by atoms with Gasteiger partial charge in [0.25, 0.3) is 0 Å². The third-order valence-corrected chi connectivity index (χ3v) is 2.75. The van der Waals surface area contributed by atoms with Crippen molar-refractivity contribution in [2.24, 2.45) is 0 Å². The average Bonchev–Trinajstić information content (AvgIpc) is 2.61. The maximum atomic E-state index is 12.5. The molecule has 1 fully saturated rings. The van der Waals surface area contributed by atoms with Crippen LogP contribution in [0.4, 0.5) is 18.0 Å². The normalized spacial score (nSPS) is 22.1. The smallest absolute Gasteiger partial charge is 0.444 e. The zero-order valence-electron chi connectivity index (χ0n) is 11.0. The minimum atomic E-state index is -4.33. The van der Waals surface area contributed by atoms with Gasteiger partial charge in [-0.2, -0.15) is 13.2 Å². The van der Waals surface area contributed by atoms with Gasteiger partial charge in [-0.25, -0.2) is 9.69 Å². The first-order chi connectivity index (χ1) is 8.00. The van der Waals surface area contributed by atoms with Gasteiger partial charge in [0.2, 0.25) is 0 Å². The van der Waals surface area contributed by atoms with E-state index in [1.54, 1.807) is 20.8 Å². The van der Waals surface area contributed by atoms with Crippen LogP contribution in [0.2, 0.25) is 0 Å². The predicted octanol–water partition coefficient (Wildman–Crippen LogP) is 2.45. The number of likely N-dealkylation sites (N-methyl/N-ethyl adjacent to an activating group) is 1. The Labute approximate surface area is 105 Å². The highest BCUT2D eigenvalue weighted by Crippen LogP contribution is 2.28. The van der Waals surface area contributed by atoms with Crippen molar-refractivity contribution in [2.45, 2.75) is 45.1 Å². The molecule has 18 heavy (non-hydrogen) atoms. The second kappa shape index (κ2) is 4.95. The standard InChI is InChI=1S/C11H19F3N2O2/c1-10(2,3)18-9(17)15(4)8-5-6-16(7-8)11(12,13)14/h8H,5-7H2,1-4H3. The van der Waals surface area contributed by atoms with E-state index < -0.39 is 24.0 Å². The molecule has 1 aliphatic rings. The lowest BCUT2D eigenvalue weighted by Gasteiger charge is -2.28. The summed E-state index contributed by atoms with van der Waals surface area (Å²) in [6.07, 6.45) is -4.62. The molecule has 1 aliphatic heterocycles. The van der Waals surface area contributed by atoms with E-state index in [-0.39, 0.29) is 13.1 Å². The summed E-state index contributed by atoms with van der Waals surface area (Å²) in [7, 11) is 1.47. The van der Waals surface area contributed by atoms with E-state index in [9.17, 15) is 18.0 Å². The number of ether oxygens (including phenoxy) is 1. The molecule has 4 nitrogen and oxygen atoms in total. The molecule has 0 aromatic carbocycles. The van der Waals surface area contributed by atoms with Gasteiger partial charge in [0.1, 0.15) is 5.60 Å². The molecule has 1 atom stereocenters. The number of likely N-dealkylation sites (tertiary alicyclic amines) is 1. The Morgan fingerprint density at radius 1 is 1.33 bits per heavy atom. The lowest BCUT2D eigenvalue weighted by molar-refractivity contribution is -0.239. The third kappa shape index (κ3) is 4.04. The average molecular weight is 268 g/mol. The van der Waals surface area contributed by atoms with Crippen LogP contribution in [0.1, 0.15) is 27.2 Å². The quantitative estimate of drug-likeness (QED) is 0.685. The maximum Gasteiger partial charge on any atom is 0.459 e. The summed E-state index contributed by atoms with van der Waals surface area (Å²) in [4.78, 5) is 13.4. The van der Waals surface area contributed by atoms with E-state index >= 15 is 0 Å². The predicted molar refractivity (Wildman–Crippen MR) is 60.0 cm³/mol. The van der Waals surface area contributed by atoms with Crippen LogP contribution in [-0.2, 0) is 4.74 Å². The number of rotatable bonds is 1. The molecule has 0 spiro atoms. The van der Waals surface area contributed by atoms with Crippen LogP contribution in [-0.4, -0.2) is 54.0 Å². The number of hydrogen-bond donors (Lipinski definition) is 0. The first kappa shape index (κ1) is 15.1. The highest BCUT2D eigenvalue weighted by atomic mass is 19.4. The largest absolute Gasteiger partial charge is 0.459 e. The third-order valence-electron chi connectivity index (χ3n) is 2.75. The summed E-state index contributed by atoms with van der Waals surface area (Å²) in [5, 5.41) is 0. The van der Waals surface area contributed by atoms with Crippen molar-refractivity contribution in [3.05, 3.63) is 0 Å². The van der Waals surface area contributed by atoms with Crippen LogP contribution < -0.4 is 0 Å². The van der Waals surface area contributed by atoms with E-state index in [0.29, 0.717) is 11.3 Å². The van der Waals surface area contributed by atoms with Gasteiger partial charge < -0.3 is 9.64 Å². The molecule has 1 rings (SSSR count). The number of carbonyl (C=O) groups excluding carboxylic acids is 1. The number of hydrogen-bond acceptors (Lipinski definition) is 3. The second-order valence-electron chi connectivity index (χ2n) is 5.45. The first-order valence-corrected chi connectivity index (χ1v) is 5.78. The molecule has 1 saturated heterocycles. The van der Waals surface area contributed by atoms with Crippen molar-refractivity contribution in [1.29, 1.82) is 0 Å². The van der Waals surface area contributed by atoms with Gasteiger partial charge in [-0.1, -0.05) is 0 Å². The fourth-order valence-electron chi connectivity index (χ4n) is 1.77. The van der Waals surface area contributed by atoms with Crippen molar-refractivity contribution in [3.8, 4) is 0 Å². The lowest BCUT2D eigenvalue weighted by atomic mass is 10.2. The van der Waals surface area contributed by atoms with Crippen molar-refractivity contribution < 1.29 is 22.7 Å². The number of halogens is 3. The van der Waals surface area contributed by atoms with Crippen LogP contribution in [0.25, 0.3) is 0 Å². The molecule has 0 N–H and O–H groups in total. The molecule has 1 unspecified atom stereocenters. The zero-order valence-corrected chi connectivity index (χ0v) is 11.0. The Balaban J connectivity index is 2.55. The molecule has 0 aliphatic carbocycles. The molecular formula is C11H19F3N2O2. The van der Waals surface area contributed by atoms with Crippen LogP contribution in [0.3, 0.4) is 0 Å². The fraction of sp³-hybridized carbons (Fsp3) is 0.909. The summed E-state index contributed by atoms with van der Waals surface area (Å²) < 4.78 is 42.5. The zero-order chi connectivity index (χ0) is 14.1. The summed E-state index contributed by atoms with van der Waals surface area (Å²) in [6.45, 7) is 4.88. The van der Waals surface area contributed by atoms with Gasteiger partial charge in [0.15, 0.2) is 0 Å². The summed E-state index contributed by atoms with van der Waals surface area (Å²) in [5.74, 6) is 0. The molecule has 0 radical (unpaired) electrons. The van der Waals surface area contributed by atoms with E-state index in [1.165, 1.54) is 11.9 Å². The molecule has 0 aromatic rings. The highest BCUT2D eigenvalue weighted by Gasteiger charge is 2.43. The fourth-order valence-corrected chi connectivity index (χ4v) is 1.77. The van der Waals surface area contributed by atoms with Gasteiger partial charge >= 0.3 is 12.4 Å². The van der Waals surface area contributed by atoms with E-state index in [2.05, 4.69) is 0 Å². The minimum absolute atomic E-state index is 0.0820. The molecular weight excluding hydrogens is 249 g/mol. The Morgan fingerprint density at radius 3 is 2.28 bits per heavy atom. The van der Waals surface area contributed by atoms with Crippen LogP contribution in [0.15, 0.2) is 0 Å². The molecule has 0 aromatic heterocycles. The molecule has 0 bridgehead atoms. The lowest BCUT2D eigenvalue weighted by Crippen LogP contribution is -2.44. The van der Waals surface area contributed by atoms with Gasteiger partial charge in [-0.05, 0) is 27.2 Å². The van der Waals surface area contributed by atoms with Crippen molar-refractivity contribution in [2.75, 3.05) is 20.1 Å². The summed E-state index contributed by atoms with van der Waals surface area (Å²) in [6, 6.07) is -0.457. The SMILES string of the molecule is CN(C(=O)OC(C)(C)C)C1CCN(C(F)(F)F)C1. The van der Waals surface area contributed by atoms with Gasteiger partial charge in [0, 0.05) is 26.2 Å². The van der Waals surface area contributed by atoms with Gasteiger partial charge in [0.05, 0.1) is 0 Å². The van der Waals surface area contributed by atoms with E-state index in [1.807, 2.05) is 0 Å². The molecule has 106 valence electrons. The number of carbonyl (C=O) groups is 1. The van der Waals surface area contributed by atoms with Crippen molar-refractivity contribution >= 4 is 6.09 Å². The Hall–Kier alpha value is -0.980. The Kier molecular flexibility index (Phi) is 4.15. The van der Waals surface area contributed by atoms with Crippen molar-refractivity contribution in [3.63, 3.8) is 0 Å². The molecule has 1 amide bonds. The van der Waals surface area contributed by atoms with E-state index in [4.69, 9.17) is 4.74 Å². The van der Waals surface area contributed by atoms with Crippen LogP contribution >= 0.6 is 0 Å². The second-order valence-corrected chi connectivity index (χ2v) is 5.45. The molecule has 1 heterocycles. The summed E-state index contributed by atoms with van der Waals surface area (Å²) in [5.41, 5.74) is -0.645. The van der Waals surface area contributed by atoms with Crippen LogP contribution in [0.5, 0.6) is 0 Å². The molecule has 0 saturated carbocycles. The first-order valence-electron chi connectivity index (χ1n) is 5.78. The highest BCUT2D eigenvalue weighted by molar-refractivity contribution is 5.68. The summed E-state index contributed by atoms with van der Waals surface area (Å²) >= 11 is 0. The van der Waals surface area contributed by atoms with E-state index in [0.717, 1.165) is 0 Å². The van der Waals surface area contributed by atoms with Crippen LogP contribution in [0, 0.1) is 0 Å². The maximum absolute atomic E-state index is 12.5. The number of amides is 1. The van der Waals surface area contributed by atoms with Gasteiger partial charge in [-0.15, -0.1) is 0 Å².